The maximum Gasteiger partial charge on any atom is 0.308 e. The zero-order valence-corrected chi connectivity index (χ0v) is 41.7. The number of carbonyl (C=O) groups excluding carboxylic acids is 1. The van der Waals surface area contributed by atoms with Crippen molar-refractivity contribution in [1.82, 2.24) is 0 Å². The summed E-state index contributed by atoms with van der Waals surface area (Å²) in [5.41, 5.74) is 5.47. The summed E-state index contributed by atoms with van der Waals surface area (Å²) in [5.74, 6) is 0.280. The summed E-state index contributed by atoms with van der Waals surface area (Å²) in [4.78, 5) is 13.4. The quantitative estimate of drug-likeness (QED) is 0.0481. The van der Waals surface area contributed by atoms with Crippen LogP contribution in [0, 0.1) is 11.8 Å². The molecule has 0 aliphatic carbocycles. The Morgan fingerprint density at radius 3 is 1.54 bits per heavy atom. The predicted molar refractivity (Wildman–Crippen MR) is 252 cm³/mol. The van der Waals surface area contributed by atoms with Crippen molar-refractivity contribution in [1.29, 1.82) is 0 Å². The van der Waals surface area contributed by atoms with E-state index in [9.17, 15) is 4.79 Å². The molecule has 0 aromatic heterocycles. The Kier molecular flexibility index (Phi) is 19.8. The summed E-state index contributed by atoms with van der Waals surface area (Å²) >= 11 is 0. The summed E-state index contributed by atoms with van der Waals surface area (Å²) in [6.45, 7) is 33.3. The molecular formula is C51H82O6Si2. The molecule has 0 spiro atoms. The maximum absolute atomic E-state index is 13.4. The Morgan fingerprint density at radius 2 is 1.12 bits per heavy atom. The Morgan fingerprint density at radius 1 is 0.644 bits per heavy atom. The fraction of sp³-hybridized carbons (Fsp3) is 0.627. The molecule has 59 heavy (non-hydrogen) atoms. The van der Waals surface area contributed by atoms with Crippen molar-refractivity contribution in [2.24, 2.45) is 11.8 Å². The Labute approximate surface area is 362 Å². The number of rotatable bonds is 25. The molecule has 0 saturated carbocycles. The van der Waals surface area contributed by atoms with Crippen molar-refractivity contribution in [2.75, 3.05) is 33.5 Å². The number of hydrogen-bond donors (Lipinski definition) is 0. The van der Waals surface area contributed by atoms with Crippen LogP contribution in [0.25, 0.3) is 0 Å². The lowest BCUT2D eigenvalue weighted by molar-refractivity contribution is -0.145. The van der Waals surface area contributed by atoms with Crippen molar-refractivity contribution in [2.45, 2.75) is 162 Å². The number of benzene rings is 3. The van der Waals surface area contributed by atoms with Crippen LogP contribution in [0.4, 0.5) is 0 Å². The molecule has 3 rings (SSSR count). The number of ether oxygens (including phenoxy) is 3. The highest BCUT2D eigenvalue weighted by atomic mass is 28.4. The van der Waals surface area contributed by atoms with Gasteiger partial charge in [-0.3, -0.25) is 4.79 Å². The molecule has 0 fully saturated rings. The fourth-order valence-electron chi connectivity index (χ4n) is 7.37. The Bertz CT molecular complexity index is 1590. The van der Waals surface area contributed by atoms with E-state index in [-0.39, 0.29) is 27.9 Å². The third-order valence-corrected chi connectivity index (χ3v) is 22.5. The smallest absolute Gasteiger partial charge is 0.308 e. The Balaban J connectivity index is 2.01. The first-order valence-corrected chi connectivity index (χ1v) is 28.2. The normalized spacial score (nSPS) is 14.5. The van der Waals surface area contributed by atoms with Gasteiger partial charge in [0.15, 0.2) is 16.6 Å². The molecule has 8 heteroatoms. The molecule has 3 atom stereocenters. The fourth-order valence-corrected chi connectivity index (χ4v) is 9.55. The first-order valence-electron chi connectivity index (χ1n) is 22.4. The van der Waals surface area contributed by atoms with E-state index in [0.717, 1.165) is 43.2 Å². The zero-order valence-electron chi connectivity index (χ0n) is 39.7. The lowest BCUT2D eigenvalue weighted by atomic mass is 9.62. The van der Waals surface area contributed by atoms with Gasteiger partial charge in [0.25, 0.3) is 0 Å². The topological polar surface area (TPSA) is 63.2 Å². The molecule has 330 valence electrons. The molecular weight excluding hydrogens is 765 g/mol. The van der Waals surface area contributed by atoms with Gasteiger partial charge in [-0.15, -0.1) is 0 Å². The lowest BCUT2D eigenvalue weighted by Crippen LogP contribution is -2.41. The van der Waals surface area contributed by atoms with Gasteiger partial charge in [0.1, 0.15) is 0 Å². The van der Waals surface area contributed by atoms with E-state index in [2.05, 4.69) is 160 Å². The van der Waals surface area contributed by atoms with Crippen molar-refractivity contribution in [3.05, 3.63) is 107 Å². The predicted octanol–water partition coefficient (Wildman–Crippen LogP) is 13.6. The SMILES string of the molecule is CCC(C)CC(CC(CC(C)C(=O)OC)(c1cccc(COCCCO[Si](C)(C)C(C)(C)C)c1)c1cccc(COCCCO[Si](C)(C)C(C)(C)C)c1)c1ccccc1. The van der Waals surface area contributed by atoms with Crippen molar-refractivity contribution in [3.63, 3.8) is 0 Å². The van der Waals surface area contributed by atoms with Gasteiger partial charge in [0.05, 0.1) is 26.2 Å². The summed E-state index contributed by atoms with van der Waals surface area (Å²) in [6.07, 6.45) is 5.32. The Hall–Kier alpha value is -2.60. The molecule has 3 aromatic carbocycles. The standard InChI is InChI=1S/C51H82O6Si2/c1-15-40(2)33-45(44-25-17-16-18-26-44)37-51(36-41(3)48(52)53-10,46-27-19-23-42(34-46)38-54-29-21-31-56-58(11,12)49(4,5)6)47-28-20-24-43(35-47)39-55-30-22-32-57-59(13,14)50(7,8)9/h16-20,23-28,34-35,40-41,45H,15,21-22,29-33,36-39H2,1-14H3. The van der Waals surface area contributed by atoms with Gasteiger partial charge in [-0.25, -0.2) is 0 Å². The highest BCUT2D eigenvalue weighted by Gasteiger charge is 2.41. The molecule has 0 saturated heterocycles. The molecule has 0 N–H and O–H groups in total. The lowest BCUT2D eigenvalue weighted by Gasteiger charge is -2.41. The van der Waals surface area contributed by atoms with Gasteiger partial charge < -0.3 is 23.1 Å². The van der Waals surface area contributed by atoms with E-state index in [1.54, 1.807) is 0 Å². The van der Waals surface area contributed by atoms with Crippen LogP contribution < -0.4 is 0 Å². The third-order valence-electron chi connectivity index (χ3n) is 13.4. The second-order valence-electron chi connectivity index (χ2n) is 20.2. The summed E-state index contributed by atoms with van der Waals surface area (Å²) < 4.78 is 30.9. The van der Waals surface area contributed by atoms with Crippen LogP contribution in [-0.4, -0.2) is 56.1 Å². The van der Waals surface area contributed by atoms with Crippen LogP contribution in [0.1, 0.15) is 135 Å². The van der Waals surface area contributed by atoms with Crippen LogP contribution in [0.5, 0.6) is 0 Å². The van der Waals surface area contributed by atoms with E-state index in [0.29, 0.717) is 52.0 Å². The van der Waals surface area contributed by atoms with E-state index in [1.807, 2.05) is 6.92 Å². The number of esters is 1. The van der Waals surface area contributed by atoms with Crippen LogP contribution in [-0.2, 0) is 46.5 Å². The summed E-state index contributed by atoms with van der Waals surface area (Å²) in [7, 11) is -2.09. The molecule has 0 aliphatic heterocycles. The largest absolute Gasteiger partial charge is 0.469 e. The van der Waals surface area contributed by atoms with Gasteiger partial charge in [-0.2, -0.15) is 0 Å². The van der Waals surface area contributed by atoms with Crippen molar-refractivity contribution >= 4 is 22.6 Å². The number of hydrogen-bond acceptors (Lipinski definition) is 6. The highest BCUT2D eigenvalue weighted by Crippen LogP contribution is 2.48. The third kappa shape index (κ3) is 15.4. The second-order valence-corrected chi connectivity index (χ2v) is 29.8. The van der Waals surface area contributed by atoms with E-state index in [4.69, 9.17) is 23.1 Å². The van der Waals surface area contributed by atoms with Crippen molar-refractivity contribution < 1.29 is 27.9 Å². The molecule has 0 amide bonds. The first kappa shape index (κ1) is 50.8. The van der Waals surface area contributed by atoms with Gasteiger partial charge in [-0.1, -0.05) is 148 Å². The van der Waals surface area contributed by atoms with Gasteiger partial charge in [0, 0.05) is 31.8 Å². The molecule has 0 aliphatic rings. The highest BCUT2D eigenvalue weighted by molar-refractivity contribution is 6.74. The molecule has 0 radical (unpaired) electrons. The van der Waals surface area contributed by atoms with Crippen LogP contribution in [0.2, 0.25) is 36.3 Å². The van der Waals surface area contributed by atoms with E-state index < -0.39 is 22.0 Å². The second kappa shape index (κ2) is 23.0. The maximum atomic E-state index is 13.4. The van der Waals surface area contributed by atoms with E-state index >= 15 is 0 Å². The molecule has 3 aromatic rings. The minimum absolute atomic E-state index is 0.187. The molecule has 3 unspecified atom stereocenters. The van der Waals surface area contributed by atoms with E-state index in [1.165, 1.54) is 23.8 Å². The minimum atomic E-state index is -1.80. The molecule has 6 nitrogen and oxygen atoms in total. The zero-order chi connectivity index (χ0) is 43.9. The number of methoxy groups -OCH3 is 1. The van der Waals surface area contributed by atoms with Gasteiger partial charge >= 0.3 is 5.97 Å². The van der Waals surface area contributed by atoms with Gasteiger partial charge in [0.2, 0.25) is 0 Å². The average Bonchev–Trinajstić information content (AvgIpc) is 3.19. The van der Waals surface area contributed by atoms with Crippen LogP contribution in [0.3, 0.4) is 0 Å². The number of carbonyl (C=O) groups is 1. The summed E-state index contributed by atoms with van der Waals surface area (Å²) in [6, 6.07) is 28.8. The average molecular weight is 847 g/mol. The minimum Gasteiger partial charge on any atom is -0.469 e. The monoisotopic (exact) mass is 847 g/mol. The first-order chi connectivity index (χ1) is 27.7. The van der Waals surface area contributed by atoms with Crippen LogP contribution in [0.15, 0.2) is 78.9 Å². The van der Waals surface area contributed by atoms with Crippen LogP contribution >= 0.6 is 0 Å². The summed E-state index contributed by atoms with van der Waals surface area (Å²) in [5, 5.41) is 0.375. The van der Waals surface area contributed by atoms with Crippen molar-refractivity contribution in [3.8, 4) is 0 Å². The molecule has 0 heterocycles. The molecule has 0 bridgehead atoms. The van der Waals surface area contributed by atoms with Gasteiger partial charge in [-0.05, 0) is 108 Å².